The van der Waals surface area contributed by atoms with E-state index in [2.05, 4.69) is 4.98 Å². The summed E-state index contributed by atoms with van der Waals surface area (Å²) in [4.78, 5) is 29.2. The lowest BCUT2D eigenvalue weighted by molar-refractivity contribution is -0.138. The number of ketones is 2. The van der Waals surface area contributed by atoms with Crippen molar-refractivity contribution in [3.63, 3.8) is 0 Å². The third-order valence-electron chi connectivity index (χ3n) is 4.22. The van der Waals surface area contributed by atoms with Crippen molar-refractivity contribution >= 4 is 11.6 Å². The van der Waals surface area contributed by atoms with Crippen LogP contribution >= 0.6 is 0 Å². The summed E-state index contributed by atoms with van der Waals surface area (Å²) in [7, 11) is 1.11. The van der Waals surface area contributed by atoms with Crippen molar-refractivity contribution in [2.45, 2.75) is 6.18 Å². The number of alkyl halides is 3. The summed E-state index contributed by atoms with van der Waals surface area (Å²) in [6, 6.07) is 9.32. The molecule has 0 unspecified atom stereocenters. The highest BCUT2D eigenvalue weighted by molar-refractivity contribution is 6.26. The lowest BCUT2D eigenvalue weighted by Crippen LogP contribution is -2.19. The molecule has 0 saturated heterocycles. The standard InChI is InChI=1S/C19H10F3NO4/c1-26-13-8-9(6-7-12(13)19(20,21)22)18-23-14-15(24)10-4-2-3-5-11(10)16(25)17(14)27-18/h2-8H,1H3. The summed E-state index contributed by atoms with van der Waals surface area (Å²) < 4.78 is 49.2. The Morgan fingerprint density at radius 2 is 1.67 bits per heavy atom. The van der Waals surface area contributed by atoms with Gasteiger partial charge in [0.25, 0.3) is 0 Å². The number of halogens is 3. The Bertz CT molecular complexity index is 1050. The van der Waals surface area contributed by atoms with Gasteiger partial charge >= 0.3 is 6.18 Å². The van der Waals surface area contributed by atoms with Crippen molar-refractivity contribution in [3.05, 3.63) is 70.6 Å². The Labute approximate surface area is 150 Å². The molecule has 3 aromatic rings. The van der Waals surface area contributed by atoms with Crippen molar-refractivity contribution in [2.24, 2.45) is 0 Å². The Balaban J connectivity index is 1.82. The summed E-state index contributed by atoms with van der Waals surface area (Å²) in [6.45, 7) is 0. The van der Waals surface area contributed by atoms with Crippen LogP contribution in [0.2, 0.25) is 0 Å². The van der Waals surface area contributed by atoms with Crippen LogP contribution < -0.4 is 4.74 Å². The van der Waals surface area contributed by atoms with Gasteiger partial charge in [0.1, 0.15) is 5.75 Å². The van der Waals surface area contributed by atoms with Crippen LogP contribution in [-0.4, -0.2) is 23.7 Å². The average molecular weight is 373 g/mol. The van der Waals surface area contributed by atoms with E-state index in [4.69, 9.17) is 9.15 Å². The fourth-order valence-electron chi connectivity index (χ4n) is 2.94. The maximum atomic E-state index is 13.0. The van der Waals surface area contributed by atoms with E-state index in [1.807, 2.05) is 0 Å². The van der Waals surface area contributed by atoms with Gasteiger partial charge in [0.2, 0.25) is 23.2 Å². The molecule has 0 atom stereocenters. The Hall–Kier alpha value is -3.42. The smallest absolute Gasteiger partial charge is 0.419 e. The lowest BCUT2D eigenvalue weighted by Gasteiger charge is -2.12. The van der Waals surface area contributed by atoms with Crippen molar-refractivity contribution in [1.82, 2.24) is 4.98 Å². The highest BCUT2D eigenvalue weighted by Gasteiger charge is 2.37. The van der Waals surface area contributed by atoms with Gasteiger partial charge in [-0.2, -0.15) is 13.2 Å². The Morgan fingerprint density at radius 1 is 1.00 bits per heavy atom. The third kappa shape index (κ3) is 2.61. The first-order valence-corrected chi connectivity index (χ1v) is 7.76. The minimum atomic E-state index is -4.59. The number of ether oxygens (including phenoxy) is 1. The molecular weight excluding hydrogens is 363 g/mol. The van der Waals surface area contributed by atoms with Crippen molar-refractivity contribution in [3.8, 4) is 17.2 Å². The number of fused-ring (bicyclic) bond motifs is 2. The molecule has 1 aromatic heterocycles. The molecule has 0 spiro atoms. The van der Waals surface area contributed by atoms with Gasteiger partial charge in [-0.3, -0.25) is 9.59 Å². The zero-order chi connectivity index (χ0) is 19.3. The molecule has 1 heterocycles. The van der Waals surface area contributed by atoms with Gasteiger partial charge < -0.3 is 9.15 Å². The summed E-state index contributed by atoms with van der Waals surface area (Å²) in [5.74, 6) is -1.77. The number of carbonyl (C=O) groups is 2. The van der Waals surface area contributed by atoms with Crippen molar-refractivity contribution in [1.29, 1.82) is 0 Å². The van der Waals surface area contributed by atoms with Gasteiger partial charge in [0.15, 0.2) is 5.69 Å². The largest absolute Gasteiger partial charge is 0.496 e. The summed E-state index contributed by atoms with van der Waals surface area (Å²) in [6.07, 6.45) is -4.59. The molecule has 0 radical (unpaired) electrons. The monoisotopic (exact) mass is 373 g/mol. The minimum Gasteiger partial charge on any atom is -0.496 e. The van der Waals surface area contributed by atoms with Gasteiger partial charge in [0, 0.05) is 16.7 Å². The molecule has 0 aliphatic heterocycles. The Morgan fingerprint density at radius 3 is 2.30 bits per heavy atom. The van der Waals surface area contributed by atoms with Gasteiger partial charge in [-0.15, -0.1) is 0 Å². The zero-order valence-corrected chi connectivity index (χ0v) is 13.8. The van der Waals surface area contributed by atoms with Crippen LogP contribution in [0.3, 0.4) is 0 Å². The molecule has 0 bridgehead atoms. The van der Waals surface area contributed by atoms with Crippen LogP contribution in [-0.2, 0) is 6.18 Å². The van der Waals surface area contributed by atoms with Crippen LogP contribution in [0.4, 0.5) is 13.2 Å². The van der Waals surface area contributed by atoms with Gasteiger partial charge in [-0.25, -0.2) is 4.98 Å². The second-order valence-electron chi connectivity index (χ2n) is 5.81. The summed E-state index contributed by atoms with van der Waals surface area (Å²) in [5.41, 5.74) is -0.557. The fourth-order valence-corrected chi connectivity index (χ4v) is 2.94. The molecule has 27 heavy (non-hydrogen) atoms. The highest BCUT2D eigenvalue weighted by atomic mass is 19.4. The van der Waals surface area contributed by atoms with Crippen LogP contribution in [0, 0.1) is 0 Å². The second kappa shape index (κ2) is 5.80. The number of benzene rings is 2. The van der Waals surface area contributed by atoms with Gasteiger partial charge in [0.05, 0.1) is 12.7 Å². The zero-order valence-electron chi connectivity index (χ0n) is 13.8. The number of oxazole rings is 1. The molecule has 5 nitrogen and oxygen atoms in total. The number of aromatic nitrogens is 1. The number of hydrogen-bond acceptors (Lipinski definition) is 5. The maximum Gasteiger partial charge on any atom is 0.419 e. The number of hydrogen-bond donors (Lipinski definition) is 0. The number of nitrogens with zero attached hydrogens (tertiary/aromatic N) is 1. The SMILES string of the molecule is COc1cc(-c2nc3c(o2)C(=O)c2ccccc2C3=O)ccc1C(F)(F)F. The van der Waals surface area contributed by atoms with Crippen molar-refractivity contribution in [2.75, 3.05) is 7.11 Å². The van der Waals surface area contributed by atoms with E-state index in [1.165, 1.54) is 12.1 Å². The van der Waals surface area contributed by atoms with E-state index in [9.17, 15) is 22.8 Å². The molecule has 1 aliphatic carbocycles. The molecule has 4 rings (SSSR count). The molecule has 0 fully saturated rings. The molecule has 1 aliphatic rings. The van der Waals surface area contributed by atoms with Crippen LogP contribution in [0.1, 0.15) is 37.7 Å². The quantitative estimate of drug-likeness (QED) is 0.528. The van der Waals surface area contributed by atoms with Crippen LogP contribution in [0.25, 0.3) is 11.5 Å². The molecule has 0 N–H and O–H groups in total. The molecule has 136 valence electrons. The van der Waals surface area contributed by atoms with E-state index >= 15 is 0 Å². The lowest BCUT2D eigenvalue weighted by atomic mass is 9.91. The summed E-state index contributed by atoms with van der Waals surface area (Å²) in [5, 5.41) is 0. The molecule has 0 saturated carbocycles. The summed E-state index contributed by atoms with van der Waals surface area (Å²) >= 11 is 0. The first-order chi connectivity index (χ1) is 12.8. The molecular formula is C19H10F3NO4. The van der Waals surface area contributed by atoms with E-state index in [-0.39, 0.29) is 34.0 Å². The maximum absolute atomic E-state index is 13.0. The first-order valence-electron chi connectivity index (χ1n) is 7.76. The predicted molar refractivity (Wildman–Crippen MR) is 86.8 cm³/mol. The van der Waals surface area contributed by atoms with E-state index < -0.39 is 29.1 Å². The second-order valence-corrected chi connectivity index (χ2v) is 5.81. The molecule has 0 amide bonds. The van der Waals surface area contributed by atoms with Crippen LogP contribution in [0.15, 0.2) is 46.9 Å². The van der Waals surface area contributed by atoms with Gasteiger partial charge in [-0.1, -0.05) is 24.3 Å². The third-order valence-corrected chi connectivity index (χ3v) is 4.22. The number of carbonyl (C=O) groups excluding carboxylic acids is 2. The average Bonchev–Trinajstić information content (AvgIpc) is 3.11. The van der Waals surface area contributed by atoms with E-state index in [0.29, 0.717) is 0 Å². The number of rotatable bonds is 2. The highest BCUT2D eigenvalue weighted by Crippen LogP contribution is 2.39. The predicted octanol–water partition coefficient (Wildman–Crippen LogP) is 4.14. The normalized spacial score (nSPS) is 13.3. The van der Waals surface area contributed by atoms with Gasteiger partial charge in [-0.05, 0) is 18.2 Å². The number of methoxy groups -OCH3 is 1. The fraction of sp³-hybridized carbons (Fsp3) is 0.105. The van der Waals surface area contributed by atoms with Crippen molar-refractivity contribution < 1.29 is 31.9 Å². The van der Waals surface area contributed by atoms with E-state index in [1.54, 1.807) is 12.1 Å². The topological polar surface area (TPSA) is 69.4 Å². The van der Waals surface area contributed by atoms with Crippen LogP contribution in [0.5, 0.6) is 5.75 Å². The minimum absolute atomic E-state index is 0.137. The first kappa shape index (κ1) is 17.0. The molecule has 8 heteroatoms. The molecule has 2 aromatic carbocycles. The Kier molecular flexibility index (Phi) is 3.66. The van der Waals surface area contributed by atoms with E-state index in [0.717, 1.165) is 25.3 Å².